The molecule has 10 heteroatoms. The van der Waals surface area contributed by atoms with Gasteiger partial charge in [0.25, 0.3) is 0 Å². The molecule has 7 nitrogen and oxygen atoms in total. The van der Waals surface area contributed by atoms with Crippen LogP contribution < -0.4 is 5.32 Å². The molecule has 2 aliphatic rings. The molecule has 0 bridgehead atoms. The lowest BCUT2D eigenvalue weighted by Gasteiger charge is -2.29. The van der Waals surface area contributed by atoms with Gasteiger partial charge in [-0.05, 0) is 42.7 Å². The van der Waals surface area contributed by atoms with Crippen LogP contribution in [0.3, 0.4) is 0 Å². The molecule has 3 aromatic rings. The van der Waals surface area contributed by atoms with E-state index in [1.54, 1.807) is 18.3 Å². The Morgan fingerprint density at radius 1 is 1.06 bits per heavy atom. The Hall–Kier alpha value is -3.43. The Kier molecular flexibility index (Phi) is 5.10. The lowest BCUT2D eigenvalue weighted by Crippen LogP contribution is -2.37. The predicted octanol–water partition coefficient (Wildman–Crippen LogP) is 4.31. The molecular weight excluding hydrogens is 435 g/mol. The van der Waals surface area contributed by atoms with Crippen LogP contribution in [0.25, 0.3) is 11.3 Å². The Labute approximate surface area is 187 Å². The number of H-pyrrole nitrogens is 1. The van der Waals surface area contributed by atoms with Crippen molar-refractivity contribution in [1.29, 1.82) is 0 Å². The van der Waals surface area contributed by atoms with Gasteiger partial charge in [-0.3, -0.25) is 19.4 Å². The third-order valence-electron chi connectivity index (χ3n) is 6.79. The van der Waals surface area contributed by atoms with Crippen molar-refractivity contribution < 1.29 is 22.8 Å². The van der Waals surface area contributed by atoms with Crippen LogP contribution in [0, 0.1) is 23.7 Å². The zero-order chi connectivity index (χ0) is 23.3. The van der Waals surface area contributed by atoms with Crippen LogP contribution >= 0.6 is 0 Å². The highest BCUT2D eigenvalue weighted by molar-refractivity contribution is 6.03. The Morgan fingerprint density at radius 3 is 2.39 bits per heavy atom. The second-order valence-electron chi connectivity index (χ2n) is 8.87. The molecule has 0 spiro atoms. The molecule has 2 N–H and O–H groups in total. The number of amides is 1. The summed E-state index contributed by atoms with van der Waals surface area (Å²) in [5.41, 5.74) is 0.774. The van der Waals surface area contributed by atoms with Crippen LogP contribution in [0.5, 0.6) is 0 Å². The summed E-state index contributed by atoms with van der Waals surface area (Å²) in [5.74, 6) is -1.22. The molecule has 4 atom stereocenters. The highest BCUT2D eigenvalue weighted by Gasteiger charge is 2.51. The molecule has 0 aliphatic heterocycles. The van der Waals surface area contributed by atoms with Crippen LogP contribution in [0.4, 0.5) is 18.9 Å². The van der Waals surface area contributed by atoms with E-state index in [4.69, 9.17) is 0 Å². The van der Waals surface area contributed by atoms with Crippen LogP contribution in [-0.2, 0) is 18.0 Å². The summed E-state index contributed by atoms with van der Waals surface area (Å²) < 4.78 is 40.9. The number of aromatic nitrogens is 4. The number of benzene rings is 1. The number of aryl methyl sites for hydroxylation is 1. The van der Waals surface area contributed by atoms with Gasteiger partial charge in [0, 0.05) is 30.6 Å². The lowest BCUT2D eigenvalue weighted by molar-refractivity contribution is -0.143. The number of ketones is 1. The van der Waals surface area contributed by atoms with E-state index in [0.717, 1.165) is 23.9 Å². The Morgan fingerprint density at radius 2 is 1.76 bits per heavy atom. The van der Waals surface area contributed by atoms with Crippen molar-refractivity contribution in [3.05, 3.63) is 54.0 Å². The molecule has 1 amide bonds. The number of anilines is 1. The third-order valence-corrected chi connectivity index (χ3v) is 6.79. The minimum absolute atomic E-state index is 0.154. The summed E-state index contributed by atoms with van der Waals surface area (Å²) >= 11 is 0. The molecule has 2 fully saturated rings. The predicted molar refractivity (Wildman–Crippen MR) is 113 cm³/mol. The number of carbonyl (C=O) groups excluding carboxylic acids is 2. The third kappa shape index (κ3) is 4.05. The molecule has 5 rings (SSSR count). The number of fused-ring (bicyclic) bond motifs is 1. The van der Waals surface area contributed by atoms with E-state index >= 15 is 0 Å². The molecule has 172 valence electrons. The van der Waals surface area contributed by atoms with Crippen LogP contribution in [0.15, 0.2) is 42.7 Å². The number of hydrogen-bond donors (Lipinski definition) is 2. The number of nitrogens with zero attached hydrogens (tertiary/aromatic N) is 3. The normalized spacial score (nSPS) is 24.2. The van der Waals surface area contributed by atoms with Gasteiger partial charge < -0.3 is 5.32 Å². The van der Waals surface area contributed by atoms with E-state index in [9.17, 15) is 22.8 Å². The van der Waals surface area contributed by atoms with Crippen molar-refractivity contribution in [3.63, 3.8) is 0 Å². The number of carbonyl (C=O) groups is 2. The zero-order valence-electron chi connectivity index (χ0n) is 17.8. The van der Waals surface area contributed by atoms with E-state index < -0.39 is 29.6 Å². The maximum Gasteiger partial charge on any atom is 0.435 e. The van der Waals surface area contributed by atoms with Gasteiger partial charge in [-0.2, -0.15) is 23.4 Å². The van der Waals surface area contributed by atoms with E-state index in [0.29, 0.717) is 34.9 Å². The van der Waals surface area contributed by atoms with Crippen molar-refractivity contribution in [2.75, 3.05) is 5.32 Å². The summed E-state index contributed by atoms with van der Waals surface area (Å²) in [4.78, 5) is 26.5. The summed E-state index contributed by atoms with van der Waals surface area (Å²) in [6.07, 6.45) is -0.00289. The standard InChI is InChI=1S/C23H22F3N5O2/c1-31-21(23(24,25)26)19(11-28-31)29-22(33)17-10-15-8-14(15)9-16(17)20(32)13-4-2-12(3-5-13)18-6-7-27-30-18/h2-7,11,14-17H,8-10H2,1H3,(H,27,30)(H,29,33)/t14-,15+,16-,17-/m1/s1. The molecule has 2 aliphatic carbocycles. The number of hydrogen-bond acceptors (Lipinski definition) is 4. The van der Waals surface area contributed by atoms with Crippen molar-refractivity contribution >= 4 is 17.4 Å². The number of Topliss-reactive ketones (excluding diaryl/α,β-unsaturated/α-hetero) is 1. The average Bonchev–Trinajstić information content (AvgIpc) is 3.14. The van der Waals surface area contributed by atoms with Crippen molar-refractivity contribution in [1.82, 2.24) is 20.0 Å². The van der Waals surface area contributed by atoms with Crippen LogP contribution in [-0.4, -0.2) is 31.7 Å². The fourth-order valence-corrected chi connectivity index (χ4v) is 4.98. The summed E-state index contributed by atoms with van der Waals surface area (Å²) in [7, 11) is 1.17. The SMILES string of the molecule is Cn1ncc(NC(=O)[C@@H]2C[C@@H]3C[C@@H]3C[C@H]2C(=O)c2ccc(-c3ccn[nH]3)cc2)c1C(F)(F)F. The largest absolute Gasteiger partial charge is 0.435 e. The second-order valence-corrected chi connectivity index (χ2v) is 8.87. The summed E-state index contributed by atoms with van der Waals surface area (Å²) in [6.45, 7) is 0. The topological polar surface area (TPSA) is 92.7 Å². The van der Waals surface area contributed by atoms with Crippen LogP contribution in [0.2, 0.25) is 0 Å². The van der Waals surface area contributed by atoms with Gasteiger partial charge in [-0.25, -0.2) is 0 Å². The van der Waals surface area contributed by atoms with E-state index in [1.807, 2.05) is 18.2 Å². The van der Waals surface area contributed by atoms with E-state index in [1.165, 1.54) is 7.05 Å². The molecule has 2 aromatic heterocycles. The Balaban J connectivity index is 1.37. The lowest BCUT2D eigenvalue weighted by atomic mass is 9.75. The van der Waals surface area contributed by atoms with Gasteiger partial charge in [-0.15, -0.1) is 0 Å². The van der Waals surface area contributed by atoms with Gasteiger partial charge in [0.15, 0.2) is 11.5 Å². The van der Waals surface area contributed by atoms with Crippen molar-refractivity contribution in [2.24, 2.45) is 30.7 Å². The summed E-state index contributed by atoms with van der Waals surface area (Å²) in [6, 6.07) is 8.87. The van der Waals surface area contributed by atoms with Gasteiger partial charge in [0.1, 0.15) is 0 Å². The minimum Gasteiger partial charge on any atom is -0.323 e. The zero-order valence-corrected chi connectivity index (χ0v) is 17.8. The minimum atomic E-state index is -4.66. The maximum absolute atomic E-state index is 13.4. The first kappa shape index (κ1) is 21.4. The molecule has 0 radical (unpaired) electrons. The number of nitrogens with one attached hydrogen (secondary N) is 2. The van der Waals surface area contributed by atoms with Gasteiger partial charge in [0.05, 0.1) is 17.6 Å². The smallest absolute Gasteiger partial charge is 0.323 e. The molecule has 1 aromatic carbocycles. The molecule has 0 saturated heterocycles. The van der Waals surface area contributed by atoms with E-state index in [2.05, 4.69) is 20.6 Å². The molecule has 0 unspecified atom stereocenters. The monoisotopic (exact) mass is 457 g/mol. The molecule has 2 heterocycles. The number of alkyl halides is 3. The van der Waals surface area contributed by atoms with Gasteiger partial charge in [-0.1, -0.05) is 24.3 Å². The van der Waals surface area contributed by atoms with E-state index in [-0.39, 0.29) is 11.5 Å². The Bertz CT molecular complexity index is 1180. The van der Waals surface area contributed by atoms with Crippen molar-refractivity contribution in [3.8, 4) is 11.3 Å². The van der Waals surface area contributed by atoms with Crippen molar-refractivity contribution in [2.45, 2.75) is 25.4 Å². The molecular formula is C23H22F3N5O2. The fourth-order valence-electron chi connectivity index (χ4n) is 4.98. The van der Waals surface area contributed by atoms with Gasteiger partial charge in [0.2, 0.25) is 5.91 Å². The quantitative estimate of drug-likeness (QED) is 0.559. The number of halogens is 3. The molecule has 2 saturated carbocycles. The van der Waals surface area contributed by atoms with Gasteiger partial charge >= 0.3 is 6.18 Å². The van der Waals surface area contributed by atoms with Crippen LogP contribution in [0.1, 0.15) is 35.3 Å². The highest BCUT2D eigenvalue weighted by Crippen LogP contribution is 2.54. The summed E-state index contributed by atoms with van der Waals surface area (Å²) in [5, 5.41) is 12.8. The first-order valence-corrected chi connectivity index (χ1v) is 10.8. The first-order valence-electron chi connectivity index (χ1n) is 10.8. The maximum atomic E-state index is 13.4. The molecule has 33 heavy (non-hydrogen) atoms. The average molecular weight is 457 g/mol. The second kappa shape index (κ2) is 7.86. The number of aromatic amines is 1. The highest BCUT2D eigenvalue weighted by atomic mass is 19.4. The fraction of sp³-hybridized carbons (Fsp3) is 0.391. The number of rotatable bonds is 5. The first-order chi connectivity index (χ1) is 15.7.